The van der Waals surface area contributed by atoms with E-state index in [0.29, 0.717) is 26.3 Å². The van der Waals surface area contributed by atoms with Crippen molar-refractivity contribution < 1.29 is 9.47 Å². The van der Waals surface area contributed by atoms with Gasteiger partial charge in [-0.2, -0.15) is 0 Å². The molecule has 2 aromatic rings. The first-order valence-electron chi connectivity index (χ1n) is 10.3. The molecule has 0 aliphatic carbocycles. The van der Waals surface area contributed by atoms with E-state index in [4.69, 9.17) is 9.47 Å². The van der Waals surface area contributed by atoms with Crippen LogP contribution in [0.4, 0.5) is 5.69 Å². The molecule has 6 heteroatoms. The van der Waals surface area contributed by atoms with Crippen LogP contribution in [-0.4, -0.2) is 46.4 Å². The predicted octanol–water partition coefficient (Wildman–Crippen LogP) is 3.26. The molecule has 0 bridgehead atoms. The Morgan fingerprint density at radius 3 is 2.43 bits per heavy atom. The van der Waals surface area contributed by atoms with Gasteiger partial charge in [-0.3, -0.25) is 4.99 Å². The van der Waals surface area contributed by atoms with Crippen LogP contribution in [0.3, 0.4) is 0 Å². The van der Waals surface area contributed by atoms with Crippen molar-refractivity contribution in [1.29, 1.82) is 0 Å². The summed E-state index contributed by atoms with van der Waals surface area (Å²) in [5.41, 5.74) is 4.73. The second-order valence-corrected chi connectivity index (χ2v) is 7.27. The Bertz CT molecular complexity index is 854. The SMILES string of the molecule is CN=C(NCc1ccc(N2CC=CC2)cc1)NCc1ccc(C)cc1OCCOC. The molecule has 0 aromatic heterocycles. The normalized spacial score (nSPS) is 13.6. The van der Waals surface area contributed by atoms with Crippen LogP contribution in [0.5, 0.6) is 5.75 Å². The summed E-state index contributed by atoms with van der Waals surface area (Å²) < 4.78 is 11.0. The molecule has 0 atom stereocenters. The minimum Gasteiger partial charge on any atom is -0.491 e. The van der Waals surface area contributed by atoms with E-state index in [0.717, 1.165) is 30.4 Å². The largest absolute Gasteiger partial charge is 0.491 e. The molecule has 0 unspecified atom stereocenters. The Kier molecular flexibility index (Phi) is 8.15. The van der Waals surface area contributed by atoms with E-state index in [9.17, 15) is 0 Å². The quantitative estimate of drug-likeness (QED) is 0.289. The number of aliphatic imine (C=N–C) groups is 1. The maximum Gasteiger partial charge on any atom is 0.191 e. The highest BCUT2D eigenvalue weighted by atomic mass is 16.5. The van der Waals surface area contributed by atoms with Gasteiger partial charge in [0.15, 0.2) is 5.96 Å². The fraction of sp³-hybridized carbons (Fsp3) is 0.375. The monoisotopic (exact) mass is 408 g/mol. The summed E-state index contributed by atoms with van der Waals surface area (Å²) in [5.74, 6) is 1.63. The second-order valence-electron chi connectivity index (χ2n) is 7.27. The van der Waals surface area contributed by atoms with E-state index in [1.165, 1.54) is 16.8 Å². The standard InChI is InChI=1S/C24H32N4O2/c1-19-6-9-21(23(16-19)30-15-14-29-3)18-27-24(25-2)26-17-20-7-10-22(11-8-20)28-12-4-5-13-28/h4-11,16H,12-15,17-18H2,1-3H3,(H2,25,26,27). The zero-order valence-electron chi connectivity index (χ0n) is 18.1. The van der Waals surface area contributed by atoms with Crippen molar-refractivity contribution in [3.8, 4) is 5.75 Å². The van der Waals surface area contributed by atoms with E-state index >= 15 is 0 Å². The van der Waals surface area contributed by atoms with Gasteiger partial charge < -0.3 is 25.0 Å². The van der Waals surface area contributed by atoms with Gasteiger partial charge in [-0.05, 0) is 36.2 Å². The number of nitrogens with one attached hydrogen (secondary N) is 2. The molecule has 30 heavy (non-hydrogen) atoms. The van der Waals surface area contributed by atoms with Crippen LogP contribution in [0, 0.1) is 6.92 Å². The molecule has 2 aromatic carbocycles. The molecule has 1 aliphatic rings. The first kappa shape index (κ1) is 21.7. The van der Waals surface area contributed by atoms with E-state index < -0.39 is 0 Å². The molecule has 0 saturated carbocycles. The summed E-state index contributed by atoms with van der Waals surface area (Å²) in [4.78, 5) is 6.68. The molecule has 3 rings (SSSR count). The molecular formula is C24H32N4O2. The highest BCUT2D eigenvalue weighted by Gasteiger charge is 2.08. The van der Waals surface area contributed by atoms with Crippen molar-refractivity contribution in [2.75, 3.05) is 45.4 Å². The first-order valence-corrected chi connectivity index (χ1v) is 10.3. The number of aryl methyl sites for hydroxylation is 1. The summed E-state index contributed by atoms with van der Waals surface area (Å²) in [6.07, 6.45) is 4.40. The molecule has 160 valence electrons. The van der Waals surface area contributed by atoms with Gasteiger partial charge in [0.2, 0.25) is 0 Å². The highest BCUT2D eigenvalue weighted by molar-refractivity contribution is 5.79. The van der Waals surface area contributed by atoms with Crippen LogP contribution < -0.4 is 20.3 Å². The van der Waals surface area contributed by atoms with Gasteiger partial charge in [0.25, 0.3) is 0 Å². The summed E-state index contributed by atoms with van der Waals surface area (Å²) in [6.45, 7) is 6.48. The van der Waals surface area contributed by atoms with Gasteiger partial charge in [0.05, 0.1) is 6.61 Å². The fourth-order valence-corrected chi connectivity index (χ4v) is 3.28. The molecular weight excluding hydrogens is 376 g/mol. The summed E-state index contributed by atoms with van der Waals surface area (Å²) >= 11 is 0. The number of guanidine groups is 1. The smallest absolute Gasteiger partial charge is 0.191 e. The molecule has 1 aliphatic heterocycles. The Morgan fingerprint density at radius 1 is 1.00 bits per heavy atom. The predicted molar refractivity (Wildman–Crippen MR) is 123 cm³/mol. The van der Waals surface area contributed by atoms with Crippen LogP contribution in [0.1, 0.15) is 16.7 Å². The number of hydrogen-bond acceptors (Lipinski definition) is 4. The van der Waals surface area contributed by atoms with E-state index in [-0.39, 0.29) is 0 Å². The topological polar surface area (TPSA) is 58.1 Å². The molecule has 0 spiro atoms. The van der Waals surface area contributed by atoms with Crippen LogP contribution >= 0.6 is 0 Å². The fourth-order valence-electron chi connectivity index (χ4n) is 3.28. The van der Waals surface area contributed by atoms with Crippen molar-refractivity contribution in [2.45, 2.75) is 20.0 Å². The van der Waals surface area contributed by atoms with E-state index in [1.54, 1.807) is 14.2 Å². The van der Waals surface area contributed by atoms with Crippen molar-refractivity contribution in [3.05, 3.63) is 71.3 Å². The van der Waals surface area contributed by atoms with Gasteiger partial charge >= 0.3 is 0 Å². The molecule has 0 fully saturated rings. The van der Waals surface area contributed by atoms with E-state index in [2.05, 4.69) is 82.1 Å². The number of hydrogen-bond donors (Lipinski definition) is 2. The van der Waals surface area contributed by atoms with Crippen LogP contribution in [0.25, 0.3) is 0 Å². The zero-order chi connectivity index (χ0) is 21.2. The third kappa shape index (κ3) is 6.26. The highest BCUT2D eigenvalue weighted by Crippen LogP contribution is 2.20. The third-order valence-electron chi connectivity index (χ3n) is 5.02. The Morgan fingerprint density at radius 2 is 1.73 bits per heavy atom. The Hall–Kier alpha value is -2.99. The third-order valence-corrected chi connectivity index (χ3v) is 5.02. The van der Waals surface area contributed by atoms with Gasteiger partial charge in [-0.1, -0.05) is 36.4 Å². The van der Waals surface area contributed by atoms with Crippen molar-refractivity contribution >= 4 is 11.6 Å². The maximum atomic E-state index is 5.87. The maximum absolute atomic E-state index is 5.87. The van der Waals surface area contributed by atoms with E-state index in [1.807, 2.05) is 0 Å². The van der Waals surface area contributed by atoms with Crippen molar-refractivity contribution in [2.24, 2.45) is 4.99 Å². The summed E-state index contributed by atoms with van der Waals surface area (Å²) in [5, 5.41) is 6.75. The van der Waals surface area contributed by atoms with Crippen LogP contribution in [-0.2, 0) is 17.8 Å². The van der Waals surface area contributed by atoms with Gasteiger partial charge in [0.1, 0.15) is 12.4 Å². The summed E-state index contributed by atoms with van der Waals surface area (Å²) in [6, 6.07) is 14.9. The number of rotatable bonds is 9. The lowest BCUT2D eigenvalue weighted by molar-refractivity contribution is 0.145. The van der Waals surface area contributed by atoms with Crippen LogP contribution in [0.2, 0.25) is 0 Å². The molecule has 2 N–H and O–H groups in total. The van der Waals surface area contributed by atoms with Gasteiger partial charge in [0, 0.05) is 51.6 Å². The number of methoxy groups -OCH3 is 1. The molecule has 1 heterocycles. The molecule has 6 nitrogen and oxygen atoms in total. The molecule has 0 amide bonds. The average molecular weight is 409 g/mol. The van der Waals surface area contributed by atoms with Gasteiger partial charge in [-0.15, -0.1) is 0 Å². The number of benzene rings is 2. The van der Waals surface area contributed by atoms with Crippen molar-refractivity contribution in [1.82, 2.24) is 10.6 Å². The van der Waals surface area contributed by atoms with Crippen LogP contribution in [0.15, 0.2) is 59.6 Å². The Balaban J connectivity index is 1.51. The Labute approximate surface area is 179 Å². The number of ether oxygens (including phenoxy) is 2. The second kappa shape index (κ2) is 11.3. The lowest BCUT2D eigenvalue weighted by atomic mass is 10.1. The molecule has 0 radical (unpaired) electrons. The average Bonchev–Trinajstić information content (AvgIpc) is 3.30. The zero-order valence-corrected chi connectivity index (χ0v) is 18.1. The number of anilines is 1. The summed E-state index contributed by atoms with van der Waals surface area (Å²) in [7, 11) is 3.46. The molecule has 0 saturated heterocycles. The lowest BCUT2D eigenvalue weighted by Crippen LogP contribution is -2.36. The number of nitrogens with zero attached hydrogens (tertiary/aromatic N) is 2. The van der Waals surface area contributed by atoms with Gasteiger partial charge in [-0.25, -0.2) is 0 Å². The lowest BCUT2D eigenvalue weighted by Gasteiger charge is -2.18. The minimum absolute atomic E-state index is 0.531. The minimum atomic E-state index is 0.531. The van der Waals surface area contributed by atoms with Crippen molar-refractivity contribution in [3.63, 3.8) is 0 Å². The first-order chi connectivity index (χ1) is 14.7.